The third-order valence-electron chi connectivity index (χ3n) is 4.23. The number of nitrogens with zero attached hydrogens (tertiary/aromatic N) is 6. The van der Waals surface area contributed by atoms with Gasteiger partial charge in [-0.05, 0) is 46.3 Å². The fraction of sp³-hybridized carbons (Fsp3) is 0.278. The lowest BCUT2D eigenvalue weighted by molar-refractivity contribution is 0.423. The number of hydrogen-bond acceptors (Lipinski definition) is 6. The molecule has 0 unspecified atom stereocenters. The summed E-state index contributed by atoms with van der Waals surface area (Å²) in [5.41, 5.74) is 2.59. The van der Waals surface area contributed by atoms with Gasteiger partial charge in [0, 0.05) is 32.9 Å². The van der Waals surface area contributed by atoms with E-state index in [-0.39, 0.29) is 4.90 Å². The lowest BCUT2D eigenvalue weighted by Gasteiger charge is -2.21. The van der Waals surface area contributed by atoms with Crippen LogP contribution in [0.2, 0.25) is 0 Å². The molecule has 0 aliphatic rings. The fourth-order valence-corrected chi connectivity index (χ4v) is 4.16. The smallest absolute Gasteiger partial charge is 0.243 e. The predicted molar refractivity (Wildman–Crippen MR) is 103 cm³/mol. The van der Waals surface area contributed by atoms with Crippen LogP contribution >= 0.6 is 0 Å². The van der Waals surface area contributed by atoms with Gasteiger partial charge in [-0.1, -0.05) is 25.1 Å². The van der Waals surface area contributed by atoms with Crippen LogP contribution in [0.4, 0.5) is 5.69 Å². The summed E-state index contributed by atoms with van der Waals surface area (Å²) in [4.78, 5) is 2.21. The van der Waals surface area contributed by atoms with Gasteiger partial charge in [-0.2, -0.15) is 4.31 Å². The van der Waals surface area contributed by atoms with E-state index in [2.05, 4.69) is 15.5 Å². The van der Waals surface area contributed by atoms with E-state index in [4.69, 9.17) is 0 Å². The Balaban J connectivity index is 1.86. The van der Waals surface area contributed by atoms with Crippen LogP contribution in [0.25, 0.3) is 5.69 Å². The topological polar surface area (TPSA) is 84.2 Å². The van der Waals surface area contributed by atoms with Crippen LogP contribution < -0.4 is 4.90 Å². The van der Waals surface area contributed by atoms with E-state index in [1.165, 1.54) is 15.3 Å². The first-order valence-electron chi connectivity index (χ1n) is 8.51. The molecule has 0 amide bonds. The van der Waals surface area contributed by atoms with Crippen LogP contribution in [0.3, 0.4) is 0 Å². The molecule has 0 saturated heterocycles. The maximum atomic E-state index is 13.1. The first kappa shape index (κ1) is 19.0. The summed E-state index contributed by atoms with van der Waals surface area (Å²) in [6.07, 6.45) is 1.43. The molecule has 0 radical (unpaired) electrons. The van der Waals surface area contributed by atoms with E-state index in [1.54, 1.807) is 24.3 Å². The molecule has 0 saturated carbocycles. The van der Waals surface area contributed by atoms with Crippen LogP contribution in [-0.4, -0.2) is 53.6 Å². The van der Waals surface area contributed by atoms with E-state index >= 15 is 0 Å². The second kappa shape index (κ2) is 7.85. The number of tetrazole rings is 1. The van der Waals surface area contributed by atoms with Crippen molar-refractivity contribution in [3.05, 3.63) is 60.4 Å². The van der Waals surface area contributed by atoms with Gasteiger partial charge >= 0.3 is 0 Å². The van der Waals surface area contributed by atoms with Gasteiger partial charge in [0.15, 0.2) is 0 Å². The summed E-state index contributed by atoms with van der Waals surface area (Å²) >= 11 is 0. The van der Waals surface area contributed by atoms with E-state index in [1.807, 2.05) is 50.2 Å². The van der Waals surface area contributed by atoms with Gasteiger partial charge in [0.1, 0.15) is 6.33 Å². The molecule has 0 aliphatic heterocycles. The molecule has 8 nitrogen and oxygen atoms in total. The number of benzene rings is 2. The van der Waals surface area contributed by atoms with Crippen molar-refractivity contribution in [2.75, 3.05) is 25.5 Å². The van der Waals surface area contributed by atoms with Crippen LogP contribution in [0, 0.1) is 0 Å². The molecule has 1 heterocycles. The quantitative estimate of drug-likeness (QED) is 0.617. The highest BCUT2D eigenvalue weighted by Crippen LogP contribution is 2.21. The molecule has 3 aromatic rings. The van der Waals surface area contributed by atoms with Crippen LogP contribution in [0.1, 0.15) is 12.5 Å². The maximum Gasteiger partial charge on any atom is 0.243 e. The van der Waals surface area contributed by atoms with Gasteiger partial charge in [0.05, 0.1) is 10.6 Å². The molecule has 0 spiro atoms. The summed E-state index contributed by atoms with van der Waals surface area (Å²) in [5.74, 6) is 0. The summed E-state index contributed by atoms with van der Waals surface area (Å²) in [6.45, 7) is 2.51. The second-order valence-electron chi connectivity index (χ2n) is 6.24. The largest absolute Gasteiger partial charge is 0.378 e. The highest BCUT2D eigenvalue weighted by atomic mass is 32.2. The Morgan fingerprint density at radius 1 is 1.07 bits per heavy atom. The zero-order valence-electron chi connectivity index (χ0n) is 15.5. The van der Waals surface area contributed by atoms with Crippen LogP contribution in [0.5, 0.6) is 0 Å². The third-order valence-corrected chi connectivity index (χ3v) is 6.15. The van der Waals surface area contributed by atoms with Gasteiger partial charge in [-0.25, -0.2) is 13.1 Å². The Labute approximate surface area is 159 Å². The van der Waals surface area contributed by atoms with Crippen molar-refractivity contribution >= 4 is 15.7 Å². The van der Waals surface area contributed by atoms with Crippen LogP contribution in [0.15, 0.2) is 59.8 Å². The van der Waals surface area contributed by atoms with Crippen molar-refractivity contribution in [2.45, 2.75) is 18.4 Å². The second-order valence-corrected chi connectivity index (χ2v) is 8.18. The number of aromatic nitrogens is 4. The van der Waals surface area contributed by atoms with Gasteiger partial charge in [0.25, 0.3) is 0 Å². The van der Waals surface area contributed by atoms with Gasteiger partial charge in [0.2, 0.25) is 10.0 Å². The third kappa shape index (κ3) is 4.15. The Morgan fingerprint density at radius 2 is 1.81 bits per heavy atom. The van der Waals surface area contributed by atoms with Crippen molar-refractivity contribution in [2.24, 2.45) is 0 Å². The van der Waals surface area contributed by atoms with E-state index in [9.17, 15) is 8.42 Å². The molecule has 3 rings (SSSR count). The highest BCUT2D eigenvalue weighted by Gasteiger charge is 2.23. The number of anilines is 1. The number of sulfonamides is 1. The van der Waals surface area contributed by atoms with E-state index in [0.717, 1.165) is 11.3 Å². The van der Waals surface area contributed by atoms with Gasteiger partial charge in [-0.15, -0.1) is 5.10 Å². The minimum Gasteiger partial charge on any atom is -0.378 e. The Bertz CT molecular complexity index is 985. The predicted octanol–water partition coefficient (Wildman–Crippen LogP) is 1.94. The van der Waals surface area contributed by atoms with Crippen molar-refractivity contribution in [3.8, 4) is 5.69 Å². The number of rotatable bonds is 7. The number of hydrogen-bond donors (Lipinski definition) is 0. The Morgan fingerprint density at radius 3 is 2.41 bits per heavy atom. The van der Waals surface area contributed by atoms with Crippen molar-refractivity contribution in [1.82, 2.24) is 24.5 Å². The first-order chi connectivity index (χ1) is 12.9. The first-order valence-corrected chi connectivity index (χ1v) is 9.95. The summed E-state index contributed by atoms with van der Waals surface area (Å²) in [7, 11) is 0.287. The van der Waals surface area contributed by atoms with Crippen molar-refractivity contribution in [3.63, 3.8) is 0 Å². The van der Waals surface area contributed by atoms with Gasteiger partial charge < -0.3 is 4.90 Å². The van der Waals surface area contributed by atoms with E-state index < -0.39 is 10.0 Å². The molecule has 0 bridgehead atoms. The summed E-state index contributed by atoms with van der Waals surface area (Å²) in [5, 5.41) is 11.0. The molecule has 0 atom stereocenters. The molecule has 1 aromatic heterocycles. The maximum absolute atomic E-state index is 13.1. The molecular formula is C18H22N6O2S. The monoisotopic (exact) mass is 386 g/mol. The zero-order chi connectivity index (χ0) is 19.4. The lowest BCUT2D eigenvalue weighted by Crippen LogP contribution is -2.30. The standard InChI is InChI=1S/C18H22N6O2S/c1-4-23(13-15-8-10-16(11-9-15)22(2)3)27(25,26)18-7-5-6-17(12-18)24-14-19-20-21-24/h5-12,14H,4,13H2,1-3H3. The molecule has 0 fully saturated rings. The molecular weight excluding hydrogens is 364 g/mol. The van der Waals surface area contributed by atoms with Gasteiger partial charge in [-0.3, -0.25) is 0 Å². The Kier molecular flexibility index (Phi) is 5.52. The Hall–Kier alpha value is -2.78. The average Bonchev–Trinajstić information content (AvgIpc) is 3.21. The molecule has 9 heteroatoms. The SMILES string of the molecule is CCN(Cc1ccc(N(C)C)cc1)S(=O)(=O)c1cccc(-n2cnnn2)c1. The molecule has 0 N–H and O–H groups in total. The van der Waals surface area contributed by atoms with Crippen molar-refractivity contribution < 1.29 is 8.42 Å². The van der Waals surface area contributed by atoms with E-state index in [0.29, 0.717) is 18.8 Å². The molecule has 2 aromatic carbocycles. The highest BCUT2D eigenvalue weighted by molar-refractivity contribution is 7.89. The normalized spacial score (nSPS) is 11.7. The summed E-state index contributed by atoms with van der Waals surface area (Å²) < 4.78 is 29.1. The fourth-order valence-electron chi connectivity index (χ4n) is 2.69. The average molecular weight is 386 g/mol. The lowest BCUT2D eigenvalue weighted by atomic mass is 10.2. The minimum atomic E-state index is -3.65. The zero-order valence-corrected chi connectivity index (χ0v) is 16.3. The van der Waals surface area contributed by atoms with Crippen molar-refractivity contribution in [1.29, 1.82) is 0 Å². The molecule has 0 aliphatic carbocycles. The molecule has 142 valence electrons. The summed E-state index contributed by atoms with van der Waals surface area (Å²) in [6, 6.07) is 14.5. The minimum absolute atomic E-state index is 0.210. The van der Waals surface area contributed by atoms with Crippen LogP contribution in [-0.2, 0) is 16.6 Å². The molecule has 27 heavy (non-hydrogen) atoms.